The van der Waals surface area contributed by atoms with Gasteiger partial charge in [0.25, 0.3) is 0 Å². The van der Waals surface area contributed by atoms with Crippen molar-refractivity contribution in [2.24, 2.45) is 17.8 Å². The lowest BCUT2D eigenvalue weighted by Crippen LogP contribution is -2.12. The first-order valence-electron chi connectivity index (χ1n) is 6.23. The van der Waals surface area contributed by atoms with Gasteiger partial charge in [0, 0.05) is 5.02 Å². The van der Waals surface area contributed by atoms with Crippen molar-refractivity contribution in [3.05, 3.63) is 40.9 Å². The molecule has 2 nitrogen and oxygen atoms in total. The molecule has 3 unspecified atom stereocenters. The molecule has 1 aliphatic rings. The topological polar surface area (TPSA) is 37.3 Å². The highest BCUT2D eigenvalue weighted by molar-refractivity contribution is 6.30. The lowest BCUT2D eigenvalue weighted by atomic mass is 10.0. The molecule has 1 aromatic rings. The number of carboxylic acids is 1. The average Bonchev–Trinajstić information content (AvgIpc) is 3.10. The number of allylic oxidation sites excluding steroid dienone is 1. The Hall–Kier alpha value is -1.28. The fraction of sp³-hybridized carbons (Fsp3) is 0.400. The van der Waals surface area contributed by atoms with Gasteiger partial charge in [-0.1, -0.05) is 42.8 Å². The molecule has 0 amide bonds. The largest absolute Gasteiger partial charge is 0.481 e. The Kier molecular flexibility index (Phi) is 4.07. The summed E-state index contributed by atoms with van der Waals surface area (Å²) in [6.07, 6.45) is 6.20. The minimum Gasteiger partial charge on any atom is -0.481 e. The van der Waals surface area contributed by atoms with Crippen LogP contribution in [0.3, 0.4) is 0 Å². The molecule has 0 bridgehead atoms. The van der Waals surface area contributed by atoms with Gasteiger partial charge >= 0.3 is 5.97 Å². The van der Waals surface area contributed by atoms with Crippen molar-refractivity contribution in [2.75, 3.05) is 0 Å². The maximum absolute atomic E-state index is 10.8. The van der Waals surface area contributed by atoms with Gasteiger partial charge in [-0.25, -0.2) is 0 Å². The number of hydrogen-bond acceptors (Lipinski definition) is 1. The summed E-state index contributed by atoms with van der Waals surface area (Å²) in [6, 6.07) is 7.69. The Balaban J connectivity index is 1.80. The van der Waals surface area contributed by atoms with E-state index in [1.165, 1.54) is 0 Å². The molecule has 1 fully saturated rings. The van der Waals surface area contributed by atoms with Crippen LogP contribution >= 0.6 is 11.6 Å². The van der Waals surface area contributed by atoms with E-state index < -0.39 is 5.97 Å². The van der Waals surface area contributed by atoms with Gasteiger partial charge in [-0.2, -0.15) is 0 Å². The molecule has 1 saturated carbocycles. The Bertz CT molecular complexity index is 450. The zero-order valence-electron chi connectivity index (χ0n) is 10.3. The van der Waals surface area contributed by atoms with Crippen molar-refractivity contribution >= 4 is 23.6 Å². The number of benzene rings is 1. The molecule has 1 aliphatic carbocycles. The standard InChI is InChI=1S/C15H17ClO2/c1-10(15(17)18)14-9-12(14)4-2-3-11-5-7-13(16)8-6-11/h2-3,5-8,10,12,14H,4,9H2,1H3,(H,17,18). The molecule has 1 aromatic carbocycles. The van der Waals surface area contributed by atoms with E-state index >= 15 is 0 Å². The summed E-state index contributed by atoms with van der Waals surface area (Å²) in [7, 11) is 0. The number of carbonyl (C=O) groups is 1. The fourth-order valence-electron chi connectivity index (χ4n) is 2.29. The summed E-state index contributed by atoms with van der Waals surface area (Å²) in [5.74, 6) is 0.0140. The molecule has 18 heavy (non-hydrogen) atoms. The summed E-state index contributed by atoms with van der Waals surface area (Å²) in [4.78, 5) is 10.8. The van der Waals surface area contributed by atoms with E-state index in [9.17, 15) is 4.79 Å². The summed E-state index contributed by atoms with van der Waals surface area (Å²) >= 11 is 5.81. The van der Waals surface area contributed by atoms with Crippen LogP contribution in [0, 0.1) is 17.8 Å². The van der Waals surface area contributed by atoms with Gasteiger partial charge in [-0.15, -0.1) is 0 Å². The Labute approximate surface area is 112 Å². The lowest BCUT2D eigenvalue weighted by molar-refractivity contribution is -0.141. The highest BCUT2D eigenvalue weighted by atomic mass is 35.5. The van der Waals surface area contributed by atoms with Crippen LogP contribution in [0.2, 0.25) is 5.02 Å². The SMILES string of the molecule is CC(C(=O)O)C1CC1CC=Cc1ccc(Cl)cc1. The summed E-state index contributed by atoms with van der Waals surface area (Å²) in [5, 5.41) is 9.65. The third-order valence-corrected chi connectivity index (χ3v) is 3.88. The van der Waals surface area contributed by atoms with E-state index in [1.807, 2.05) is 24.3 Å². The average molecular weight is 265 g/mol. The van der Waals surface area contributed by atoms with Crippen LogP contribution in [0.1, 0.15) is 25.3 Å². The molecule has 96 valence electrons. The summed E-state index contributed by atoms with van der Waals surface area (Å²) in [6.45, 7) is 1.80. The summed E-state index contributed by atoms with van der Waals surface area (Å²) in [5.41, 5.74) is 1.13. The second-order valence-electron chi connectivity index (χ2n) is 4.98. The van der Waals surface area contributed by atoms with Crippen LogP contribution in [0.5, 0.6) is 0 Å². The lowest BCUT2D eigenvalue weighted by Gasteiger charge is -2.03. The predicted molar refractivity (Wildman–Crippen MR) is 73.5 cm³/mol. The molecule has 0 aliphatic heterocycles. The first-order valence-corrected chi connectivity index (χ1v) is 6.60. The molecular weight excluding hydrogens is 248 g/mol. The van der Waals surface area contributed by atoms with Crippen LogP contribution in [-0.2, 0) is 4.79 Å². The van der Waals surface area contributed by atoms with E-state index in [-0.39, 0.29) is 5.92 Å². The molecule has 0 radical (unpaired) electrons. The molecule has 0 aromatic heterocycles. The van der Waals surface area contributed by atoms with E-state index in [0.717, 1.165) is 23.4 Å². The quantitative estimate of drug-likeness (QED) is 0.869. The van der Waals surface area contributed by atoms with E-state index in [1.54, 1.807) is 6.92 Å². The molecule has 3 heteroatoms. The van der Waals surface area contributed by atoms with Crippen LogP contribution in [-0.4, -0.2) is 11.1 Å². The van der Waals surface area contributed by atoms with Crippen molar-refractivity contribution in [2.45, 2.75) is 19.8 Å². The number of rotatable bonds is 5. The minimum atomic E-state index is -0.677. The third kappa shape index (κ3) is 3.36. The van der Waals surface area contributed by atoms with Gasteiger partial charge in [0.1, 0.15) is 0 Å². The zero-order valence-corrected chi connectivity index (χ0v) is 11.1. The first-order chi connectivity index (χ1) is 8.58. The highest BCUT2D eigenvalue weighted by Crippen LogP contribution is 2.46. The number of halogens is 1. The number of carboxylic acid groups (broad SMARTS) is 1. The van der Waals surface area contributed by atoms with Crippen molar-refractivity contribution < 1.29 is 9.90 Å². The van der Waals surface area contributed by atoms with Gasteiger partial charge < -0.3 is 5.11 Å². The third-order valence-electron chi connectivity index (χ3n) is 3.63. The summed E-state index contributed by atoms with van der Waals surface area (Å²) < 4.78 is 0. The van der Waals surface area contributed by atoms with Crippen molar-refractivity contribution in [3.63, 3.8) is 0 Å². The van der Waals surface area contributed by atoms with Gasteiger partial charge in [0.05, 0.1) is 5.92 Å². The Morgan fingerprint density at radius 2 is 2.17 bits per heavy atom. The number of hydrogen-bond donors (Lipinski definition) is 1. The fourth-order valence-corrected chi connectivity index (χ4v) is 2.42. The molecule has 2 rings (SSSR count). The monoisotopic (exact) mass is 264 g/mol. The van der Waals surface area contributed by atoms with Crippen molar-refractivity contribution in [1.82, 2.24) is 0 Å². The molecule has 0 spiro atoms. The molecule has 1 N–H and O–H groups in total. The molecule has 0 heterocycles. The number of aliphatic carboxylic acids is 1. The van der Waals surface area contributed by atoms with Crippen LogP contribution in [0.25, 0.3) is 6.08 Å². The normalized spacial score (nSPS) is 24.1. The zero-order chi connectivity index (χ0) is 13.1. The van der Waals surface area contributed by atoms with Crippen molar-refractivity contribution in [3.8, 4) is 0 Å². The van der Waals surface area contributed by atoms with Crippen LogP contribution < -0.4 is 0 Å². The minimum absolute atomic E-state index is 0.209. The van der Waals surface area contributed by atoms with Gasteiger partial charge in [-0.05, 0) is 42.4 Å². The maximum Gasteiger partial charge on any atom is 0.306 e. The Morgan fingerprint density at radius 3 is 2.78 bits per heavy atom. The van der Waals surface area contributed by atoms with Gasteiger partial charge in [-0.3, -0.25) is 4.79 Å². The molecule has 0 saturated heterocycles. The van der Waals surface area contributed by atoms with Gasteiger partial charge in [0.15, 0.2) is 0 Å². The second kappa shape index (κ2) is 5.57. The van der Waals surface area contributed by atoms with E-state index in [2.05, 4.69) is 12.2 Å². The Morgan fingerprint density at radius 1 is 1.50 bits per heavy atom. The van der Waals surface area contributed by atoms with Crippen LogP contribution in [0.4, 0.5) is 0 Å². The molecular formula is C15H17ClO2. The predicted octanol–water partition coefficient (Wildman–Crippen LogP) is 4.10. The van der Waals surface area contributed by atoms with E-state index in [0.29, 0.717) is 11.8 Å². The maximum atomic E-state index is 10.8. The second-order valence-corrected chi connectivity index (χ2v) is 5.41. The molecule has 3 atom stereocenters. The highest BCUT2D eigenvalue weighted by Gasteiger charge is 2.42. The smallest absolute Gasteiger partial charge is 0.306 e. The van der Waals surface area contributed by atoms with Gasteiger partial charge in [0.2, 0.25) is 0 Å². The van der Waals surface area contributed by atoms with E-state index in [4.69, 9.17) is 16.7 Å². The van der Waals surface area contributed by atoms with Crippen LogP contribution in [0.15, 0.2) is 30.3 Å². The first kappa shape index (κ1) is 13.2. The van der Waals surface area contributed by atoms with Crippen molar-refractivity contribution in [1.29, 1.82) is 0 Å².